The number of amides is 1. The van der Waals surface area contributed by atoms with E-state index in [1.54, 1.807) is 12.1 Å². The number of hydrogen-bond acceptors (Lipinski definition) is 3. The molecule has 21 heavy (non-hydrogen) atoms. The summed E-state index contributed by atoms with van der Waals surface area (Å²) in [6, 6.07) is 4.57. The SMILES string of the molecule is COc1cc(NC(=O)CC2CCCCC2)ccc1C(=O)O. The third-order valence-electron chi connectivity index (χ3n) is 3.91. The number of rotatable bonds is 5. The standard InChI is InChI=1S/C16H21NO4/c1-21-14-10-12(7-8-13(14)16(19)20)17-15(18)9-11-5-3-2-4-6-11/h7-8,10-11H,2-6,9H2,1H3,(H,17,18)(H,19,20). The first kappa shape index (κ1) is 15.4. The number of nitrogens with one attached hydrogen (secondary N) is 1. The second-order valence-electron chi connectivity index (χ2n) is 5.48. The zero-order chi connectivity index (χ0) is 15.2. The molecule has 114 valence electrons. The molecule has 0 aliphatic heterocycles. The first-order valence-electron chi connectivity index (χ1n) is 7.31. The van der Waals surface area contributed by atoms with E-state index in [0.717, 1.165) is 12.8 Å². The maximum Gasteiger partial charge on any atom is 0.339 e. The van der Waals surface area contributed by atoms with Gasteiger partial charge in [0.2, 0.25) is 5.91 Å². The number of carboxylic acids is 1. The van der Waals surface area contributed by atoms with E-state index >= 15 is 0 Å². The molecule has 1 aliphatic rings. The molecule has 0 saturated heterocycles. The number of carboxylic acid groups (broad SMARTS) is 1. The average Bonchev–Trinajstić information content (AvgIpc) is 2.47. The highest BCUT2D eigenvalue weighted by atomic mass is 16.5. The van der Waals surface area contributed by atoms with E-state index in [-0.39, 0.29) is 17.2 Å². The highest BCUT2D eigenvalue weighted by Crippen LogP contribution is 2.27. The lowest BCUT2D eigenvalue weighted by Gasteiger charge is -2.20. The van der Waals surface area contributed by atoms with Crippen LogP contribution >= 0.6 is 0 Å². The molecule has 0 radical (unpaired) electrons. The largest absolute Gasteiger partial charge is 0.496 e. The third-order valence-corrected chi connectivity index (χ3v) is 3.91. The third kappa shape index (κ3) is 4.21. The van der Waals surface area contributed by atoms with Crippen molar-refractivity contribution in [3.63, 3.8) is 0 Å². The Morgan fingerprint density at radius 2 is 2.00 bits per heavy atom. The fourth-order valence-electron chi connectivity index (χ4n) is 2.81. The summed E-state index contributed by atoms with van der Waals surface area (Å²) in [6.45, 7) is 0. The molecular weight excluding hydrogens is 270 g/mol. The number of hydrogen-bond donors (Lipinski definition) is 2. The van der Waals surface area contributed by atoms with Gasteiger partial charge in [-0.25, -0.2) is 4.79 Å². The van der Waals surface area contributed by atoms with E-state index in [4.69, 9.17) is 9.84 Å². The highest BCUT2D eigenvalue weighted by molar-refractivity contribution is 5.94. The Hall–Kier alpha value is -2.04. The van der Waals surface area contributed by atoms with Crippen LogP contribution in [0.5, 0.6) is 5.75 Å². The summed E-state index contributed by atoms with van der Waals surface area (Å²) < 4.78 is 5.05. The Labute approximate surface area is 124 Å². The molecule has 1 aromatic rings. The fourth-order valence-corrected chi connectivity index (χ4v) is 2.81. The summed E-state index contributed by atoms with van der Waals surface area (Å²) in [4.78, 5) is 23.0. The van der Waals surface area contributed by atoms with E-state index in [1.165, 1.54) is 32.4 Å². The van der Waals surface area contributed by atoms with Crippen molar-refractivity contribution in [2.24, 2.45) is 5.92 Å². The molecule has 5 nitrogen and oxygen atoms in total. The maximum absolute atomic E-state index is 12.0. The van der Waals surface area contributed by atoms with Crippen LogP contribution < -0.4 is 10.1 Å². The molecule has 1 amide bonds. The van der Waals surface area contributed by atoms with E-state index in [2.05, 4.69) is 5.32 Å². The van der Waals surface area contributed by atoms with Gasteiger partial charge in [0.1, 0.15) is 11.3 Å². The molecule has 0 aromatic heterocycles. The van der Waals surface area contributed by atoms with Gasteiger partial charge in [0.25, 0.3) is 0 Å². The first-order valence-corrected chi connectivity index (χ1v) is 7.31. The Morgan fingerprint density at radius 3 is 2.62 bits per heavy atom. The normalized spacial score (nSPS) is 15.5. The van der Waals surface area contributed by atoms with Gasteiger partial charge in [-0.1, -0.05) is 19.3 Å². The van der Waals surface area contributed by atoms with Crippen LogP contribution in [0.25, 0.3) is 0 Å². The highest BCUT2D eigenvalue weighted by Gasteiger charge is 2.18. The molecule has 0 unspecified atom stereocenters. The van der Waals surface area contributed by atoms with Gasteiger partial charge in [-0.3, -0.25) is 4.79 Å². The quantitative estimate of drug-likeness (QED) is 0.872. The minimum atomic E-state index is -1.05. The first-order chi connectivity index (χ1) is 10.1. The second-order valence-corrected chi connectivity index (χ2v) is 5.48. The van der Waals surface area contributed by atoms with Crippen molar-refractivity contribution in [2.75, 3.05) is 12.4 Å². The number of anilines is 1. The minimum Gasteiger partial charge on any atom is -0.496 e. The van der Waals surface area contributed by atoms with Crippen molar-refractivity contribution in [2.45, 2.75) is 38.5 Å². The molecule has 1 aromatic carbocycles. The van der Waals surface area contributed by atoms with Crippen molar-refractivity contribution in [1.82, 2.24) is 0 Å². The number of aromatic carboxylic acids is 1. The van der Waals surface area contributed by atoms with Crippen LogP contribution in [0.15, 0.2) is 18.2 Å². The van der Waals surface area contributed by atoms with Gasteiger partial charge >= 0.3 is 5.97 Å². The molecule has 1 fully saturated rings. The summed E-state index contributed by atoms with van der Waals surface area (Å²) in [6.07, 6.45) is 6.45. The van der Waals surface area contributed by atoms with Gasteiger partial charge in [0, 0.05) is 18.2 Å². The van der Waals surface area contributed by atoms with Gasteiger partial charge in [-0.15, -0.1) is 0 Å². The molecule has 2 N–H and O–H groups in total. The van der Waals surface area contributed by atoms with Crippen molar-refractivity contribution in [1.29, 1.82) is 0 Å². The van der Waals surface area contributed by atoms with Crippen LogP contribution in [0.1, 0.15) is 48.9 Å². The topological polar surface area (TPSA) is 75.6 Å². The van der Waals surface area contributed by atoms with Crippen molar-refractivity contribution in [3.05, 3.63) is 23.8 Å². The van der Waals surface area contributed by atoms with Crippen molar-refractivity contribution < 1.29 is 19.4 Å². The molecular formula is C16H21NO4. The second kappa shape index (κ2) is 7.11. The van der Waals surface area contributed by atoms with Gasteiger partial charge in [0.15, 0.2) is 0 Å². The predicted molar refractivity (Wildman–Crippen MR) is 79.8 cm³/mol. The molecule has 0 heterocycles. The number of benzene rings is 1. The number of methoxy groups -OCH3 is 1. The molecule has 0 spiro atoms. The molecule has 1 saturated carbocycles. The summed E-state index contributed by atoms with van der Waals surface area (Å²) >= 11 is 0. The Bertz CT molecular complexity index is 521. The van der Waals surface area contributed by atoms with Crippen LogP contribution in [0, 0.1) is 5.92 Å². The zero-order valence-electron chi connectivity index (χ0n) is 12.2. The number of ether oxygens (including phenoxy) is 1. The van der Waals surface area contributed by atoms with Gasteiger partial charge < -0.3 is 15.2 Å². The summed E-state index contributed by atoms with van der Waals surface area (Å²) in [5, 5.41) is 11.8. The van der Waals surface area contributed by atoms with Gasteiger partial charge in [0.05, 0.1) is 7.11 Å². The van der Waals surface area contributed by atoms with E-state index < -0.39 is 5.97 Å². The van der Waals surface area contributed by atoms with Gasteiger partial charge in [-0.2, -0.15) is 0 Å². The van der Waals surface area contributed by atoms with E-state index in [0.29, 0.717) is 18.0 Å². The zero-order valence-corrected chi connectivity index (χ0v) is 12.2. The Morgan fingerprint density at radius 1 is 1.29 bits per heavy atom. The Kier molecular flexibility index (Phi) is 5.20. The fraction of sp³-hybridized carbons (Fsp3) is 0.500. The predicted octanol–water partition coefficient (Wildman–Crippen LogP) is 3.30. The number of carbonyl (C=O) groups excluding carboxylic acids is 1. The molecule has 0 atom stereocenters. The smallest absolute Gasteiger partial charge is 0.339 e. The van der Waals surface area contributed by atoms with Crippen LogP contribution in [-0.4, -0.2) is 24.1 Å². The van der Waals surface area contributed by atoms with Crippen molar-refractivity contribution in [3.8, 4) is 5.75 Å². The van der Waals surface area contributed by atoms with Crippen LogP contribution in [0.2, 0.25) is 0 Å². The van der Waals surface area contributed by atoms with Gasteiger partial charge in [-0.05, 0) is 30.9 Å². The van der Waals surface area contributed by atoms with E-state index in [9.17, 15) is 9.59 Å². The summed E-state index contributed by atoms with van der Waals surface area (Å²) in [5.41, 5.74) is 0.653. The lowest BCUT2D eigenvalue weighted by Crippen LogP contribution is -2.18. The maximum atomic E-state index is 12.0. The molecule has 2 rings (SSSR count). The summed E-state index contributed by atoms with van der Waals surface area (Å²) in [7, 11) is 1.41. The molecule has 5 heteroatoms. The molecule has 0 bridgehead atoms. The summed E-state index contributed by atoms with van der Waals surface area (Å²) in [5.74, 6) is -0.351. The van der Waals surface area contributed by atoms with Crippen LogP contribution in [0.4, 0.5) is 5.69 Å². The Balaban J connectivity index is 1.98. The monoisotopic (exact) mass is 291 g/mol. The van der Waals surface area contributed by atoms with Crippen molar-refractivity contribution >= 4 is 17.6 Å². The van der Waals surface area contributed by atoms with Crippen LogP contribution in [0.3, 0.4) is 0 Å². The minimum absolute atomic E-state index is 0.0213. The molecule has 1 aliphatic carbocycles. The lowest BCUT2D eigenvalue weighted by atomic mass is 9.87. The lowest BCUT2D eigenvalue weighted by molar-refractivity contribution is -0.117. The van der Waals surface area contributed by atoms with Crippen LogP contribution in [-0.2, 0) is 4.79 Å². The number of carbonyl (C=O) groups is 2. The average molecular weight is 291 g/mol. The van der Waals surface area contributed by atoms with E-state index in [1.807, 2.05) is 0 Å².